The topological polar surface area (TPSA) is 83.1 Å². The average molecular weight is 485 g/mol. The number of halogens is 1. The van der Waals surface area contributed by atoms with Crippen LogP contribution in [-0.2, 0) is 9.53 Å². The van der Waals surface area contributed by atoms with E-state index in [1.165, 1.54) is 0 Å². The highest BCUT2D eigenvalue weighted by Crippen LogP contribution is 2.30. The number of rotatable bonds is 7. The lowest BCUT2D eigenvalue weighted by molar-refractivity contribution is -0.139. The van der Waals surface area contributed by atoms with E-state index in [0.29, 0.717) is 22.8 Å². The van der Waals surface area contributed by atoms with E-state index in [-0.39, 0.29) is 12.6 Å². The molecule has 0 aliphatic carbocycles. The van der Waals surface area contributed by atoms with Gasteiger partial charge in [-0.25, -0.2) is 9.59 Å². The number of methoxy groups -OCH3 is 1. The first-order valence-electron chi connectivity index (χ1n) is 11.3. The predicted octanol–water partition coefficient (Wildman–Crippen LogP) is 3.34. The number of hydrogen-bond acceptors (Lipinski definition) is 6. The maximum Gasteiger partial charge on any atom is 0.338 e. The number of carbonyl (C=O) groups is 2. The molecule has 0 spiro atoms. The van der Waals surface area contributed by atoms with Crippen LogP contribution in [0.4, 0.5) is 10.5 Å². The van der Waals surface area contributed by atoms with Gasteiger partial charge in [-0.2, -0.15) is 0 Å². The van der Waals surface area contributed by atoms with Crippen LogP contribution in [0.1, 0.15) is 18.5 Å². The Labute approximate surface area is 204 Å². The summed E-state index contributed by atoms with van der Waals surface area (Å²) in [4.78, 5) is 30.0. The monoisotopic (exact) mass is 484 g/mol. The normalized spacial score (nSPS) is 18.9. The third-order valence-corrected chi connectivity index (χ3v) is 6.24. The minimum atomic E-state index is -0.639. The molecule has 0 saturated carbocycles. The van der Waals surface area contributed by atoms with Crippen LogP contribution in [0.5, 0.6) is 5.75 Å². The van der Waals surface area contributed by atoms with Gasteiger partial charge in [-0.3, -0.25) is 4.90 Å². The molecule has 2 amide bonds. The number of piperazine rings is 1. The molecule has 2 heterocycles. The third kappa shape index (κ3) is 5.46. The summed E-state index contributed by atoms with van der Waals surface area (Å²) in [6.07, 6.45) is 0. The molecule has 2 N–H and O–H groups in total. The average Bonchev–Trinajstić information content (AvgIpc) is 2.84. The van der Waals surface area contributed by atoms with Crippen LogP contribution in [0.3, 0.4) is 0 Å². The van der Waals surface area contributed by atoms with Gasteiger partial charge < -0.3 is 25.0 Å². The molecular weight excluding hydrogens is 456 g/mol. The molecule has 4 rings (SSSR count). The Hall–Kier alpha value is -3.23. The molecule has 2 aromatic carbocycles. The van der Waals surface area contributed by atoms with Crippen LogP contribution in [0.2, 0.25) is 5.02 Å². The van der Waals surface area contributed by atoms with E-state index in [1.54, 1.807) is 32.2 Å². The number of nitrogens with one attached hydrogen (secondary N) is 2. The van der Waals surface area contributed by atoms with Gasteiger partial charge in [0.25, 0.3) is 0 Å². The van der Waals surface area contributed by atoms with Gasteiger partial charge in [0.1, 0.15) is 5.75 Å². The first kappa shape index (κ1) is 23.9. The fourth-order valence-corrected chi connectivity index (χ4v) is 4.52. The Morgan fingerprint density at radius 2 is 1.88 bits per heavy atom. The van der Waals surface area contributed by atoms with Crippen molar-refractivity contribution < 1.29 is 19.1 Å². The van der Waals surface area contributed by atoms with Gasteiger partial charge in [0.05, 0.1) is 25.3 Å². The molecule has 2 aromatic rings. The van der Waals surface area contributed by atoms with E-state index in [9.17, 15) is 9.59 Å². The number of amides is 2. The van der Waals surface area contributed by atoms with Crippen molar-refractivity contribution in [1.29, 1.82) is 0 Å². The number of nitrogens with zero attached hydrogens (tertiary/aromatic N) is 2. The fraction of sp³-hybridized carbons (Fsp3) is 0.360. The molecule has 0 aromatic heterocycles. The zero-order valence-corrected chi connectivity index (χ0v) is 20.1. The van der Waals surface area contributed by atoms with E-state index < -0.39 is 12.0 Å². The van der Waals surface area contributed by atoms with Crippen LogP contribution >= 0.6 is 11.6 Å². The van der Waals surface area contributed by atoms with Gasteiger partial charge in [0.15, 0.2) is 0 Å². The van der Waals surface area contributed by atoms with Crippen molar-refractivity contribution in [3.05, 3.63) is 70.4 Å². The summed E-state index contributed by atoms with van der Waals surface area (Å²) in [5, 5.41) is 6.23. The maximum absolute atomic E-state index is 13.0. The van der Waals surface area contributed by atoms with Gasteiger partial charge in [0.2, 0.25) is 0 Å². The minimum Gasteiger partial charge on any atom is -0.497 e. The molecule has 0 radical (unpaired) electrons. The van der Waals surface area contributed by atoms with E-state index >= 15 is 0 Å². The number of ether oxygens (including phenoxy) is 2. The van der Waals surface area contributed by atoms with E-state index in [1.807, 2.05) is 24.3 Å². The molecule has 9 heteroatoms. The van der Waals surface area contributed by atoms with Crippen LogP contribution in [-0.4, -0.2) is 63.3 Å². The quantitative estimate of drug-likeness (QED) is 0.586. The van der Waals surface area contributed by atoms with Crippen molar-refractivity contribution in [3.8, 4) is 5.75 Å². The number of carbonyl (C=O) groups excluding carboxylic acids is 2. The second-order valence-electron chi connectivity index (χ2n) is 8.16. The molecule has 0 bridgehead atoms. The largest absolute Gasteiger partial charge is 0.497 e. The van der Waals surface area contributed by atoms with Crippen LogP contribution < -0.4 is 20.3 Å². The van der Waals surface area contributed by atoms with Gasteiger partial charge in [0, 0.05) is 55.2 Å². The first-order chi connectivity index (χ1) is 16.5. The molecule has 8 nitrogen and oxygen atoms in total. The molecule has 34 heavy (non-hydrogen) atoms. The molecule has 1 atom stereocenters. The van der Waals surface area contributed by atoms with Gasteiger partial charge >= 0.3 is 12.0 Å². The smallest absolute Gasteiger partial charge is 0.338 e. The zero-order valence-electron chi connectivity index (χ0n) is 19.3. The highest BCUT2D eigenvalue weighted by atomic mass is 35.5. The van der Waals surface area contributed by atoms with Gasteiger partial charge in [-0.1, -0.05) is 29.8 Å². The Kier molecular flexibility index (Phi) is 7.59. The minimum absolute atomic E-state index is 0.241. The van der Waals surface area contributed by atoms with Crippen molar-refractivity contribution in [2.75, 3.05) is 51.3 Å². The van der Waals surface area contributed by atoms with Crippen molar-refractivity contribution in [2.24, 2.45) is 0 Å². The summed E-state index contributed by atoms with van der Waals surface area (Å²) in [5.41, 5.74) is 2.80. The predicted molar refractivity (Wildman–Crippen MR) is 131 cm³/mol. The molecule has 2 aliphatic heterocycles. The number of esters is 1. The molecular formula is C25H29ClN4O4. The lowest BCUT2D eigenvalue weighted by atomic mass is 9.95. The molecule has 180 valence electrons. The lowest BCUT2D eigenvalue weighted by Gasteiger charge is -2.38. The summed E-state index contributed by atoms with van der Waals surface area (Å²) < 4.78 is 10.7. The highest BCUT2D eigenvalue weighted by molar-refractivity contribution is 6.30. The zero-order chi connectivity index (χ0) is 24.1. The van der Waals surface area contributed by atoms with Crippen molar-refractivity contribution in [1.82, 2.24) is 15.5 Å². The van der Waals surface area contributed by atoms with Crippen LogP contribution in [0, 0.1) is 0 Å². The van der Waals surface area contributed by atoms with Crippen molar-refractivity contribution >= 4 is 29.3 Å². The summed E-state index contributed by atoms with van der Waals surface area (Å²) in [6.45, 7) is 5.64. The Morgan fingerprint density at radius 3 is 2.59 bits per heavy atom. The summed E-state index contributed by atoms with van der Waals surface area (Å²) in [7, 11) is 1.66. The maximum atomic E-state index is 13.0. The fourth-order valence-electron chi connectivity index (χ4n) is 4.32. The third-order valence-electron chi connectivity index (χ3n) is 6.00. The Morgan fingerprint density at radius 1 is 1.12 bits per heavy atom. The van der Waals surface area contributed by atoms with Crippen molar-refractivity contribution in [3.63, 3.8) is 0 Å². The number of benzene rings is 2. The summed E-state index contributed by atoms with van der Waals surface area (Å²) in [5.74, 6) is 0.374. The first-order valence-corrected chi connectivity index (χ1v) is 11.7. The summed E-state index contributed by atoms with van der Waals surface area (Å²) >= 11 is 6.18. The second-order valence-corrected chi connectivity index (χ2v) is 8.60. The van der Waals surface area contributed by atoms with Crippen molar-refractivity contribution in [2.45, 2.75) is 13.0 Å². The highest BCUT2D eigenvalue weighted by Gasteiger charge is 2.34. The Bertz CT molecular complexity index is 1080. The Balaban J connectivity index is 1.54. The molecule has 1 fully saturated rings. The summed E-state index contributed by atoms with van der Waals surface area (Å²) in [6, 6.07) is 14.2. The molecule has 1 saturated heterocycles. The van der Waals surface area contributed by atoms with Crippen LogP contribution in [0.25, 0.3) is 0 Å². The van der Waals surface area contributed by atoms with Gasteiger partial charge in [-0.05, 0) is 36.8 Å². The van der Waals surface area contributed by atoms with E-state index in [0.717, 1.165) is 43.2 Å². The van der Waals surface area contributed by atoms with E-state index in [2.05, 4.69) is 26.5 Å². The number of anilines is 1. The number of hydrogen-bond donors (Lipinski definition) is 2. The van der Waals surface area contributed by atoms with Crippen LogP contribution in [0.15, 0.2) is 59.8 Å². The standard InChI is InChI=1S/C25H29ClN4O4/c1-3-34-24(31)22-21(27-25(32)28-23(22)17-6-4-7-18(26)14-17)16-29-10-12-30(13-11-29)19-8-5-9-20(15-19)33-2/h4-9,14-15,23H,3,10-13,16H2,1-2H3,(H2,27,28,32)/t23-/m1/s1. The lowest BCUT2D eigenvalue weighted by Crippen LogP contribution is -2.51. The second kappa shape index (κ2) is 10.8. The van der Waals surface area contributed by atoms with Gasteiger partial charge in [-0.15, -0.1) is 0 Å². The SMILES string of the molecule is CCOC(=O)C1=C(CN2CCN(c3cccc(OC)c3)CC2)NC(=O)N[C@@H]1c1cccc(Cl)c1. The number of urea groups is 1. The molecule has 0 unspecified atom stereocenters. The van der Waals surface area contributed by atoms with E-state index in [4.69, 9.17) is 21.1 Å². The molecule has 2 aliphatic rings.